The van der Waals surface area contributed by atoms with Crippen molar-refractivity contribution in [3.63, 3.8) is 0 Å². The molecule has 114 valence electrons. The summed E-state index contributed by atoms with van der Waals surface area (Å²) in [4.78, 5) is 6.60. The van der Waals surface area contributed by atoms with Crippen LogP contribution in [0, 0.1) is 0 Å². The number of nitrogens with two attached hydrogens (primary N) is 1. The van der Waals surface area contributed by atoms with Crippen molar-refractivity contribution in [3.05, 3.63) is 48.0 Å². The number of aromatic nitrogens is 2. The zero-order chi connectivity index (χ0) is 15.4. The van der Waals surface area contributed by atoms with Gasteiger partial charge in [-0.05, 0) is 31.7 Å². The second kappa shape index (κ2) is 6.74. The van der Waals surface area contributed by atoms with Gasteiger partial charge in [0.2, 0.25) is 0 Å². The Morgan fingerprint density at radius 1 is 1.43 bits per heavy atom. The Morgan fingerprint density at radius 2 is 2.19 bits per heavy atom. The van der Waals surface area contributed by atoms with E-state index in [4.69, 9.17) is 10.5 Å². The summed E-state index contributed by atoms with van der Waals surface area (Å²) in [6.07, 6.45) is 3.77. The average Bonchev–Trinajstić information content (AvgIpc) is 2.84. The van der Waals surface area contributed by atoms with Crippen LogP contribution in [0.1, 0.15) is 24.4 Å². The van der Waals surface area contributed by atoms with Gasteiger partial charge in [-0.3, -0.25) is 4.90 Å². The van der Waals surface area contributed by atoms with Crippen molar-refractivity contribution in [1.82, 2.24) is 14.5 Å². The second-order valence-electron chi connectivity index (χ2n) is 5.45. The average molecular weight is 288 g/mol. The maximum Gasteiger partial charge on any atom is 0.122 e. The molecule has 5 heteroatoms. The molecule has 0 saturated heterocycles. The first-order chi connectivity index (χ1) is 10.0. The van der Waals surface area contributed by atoms with Crippen LogP contribution in [0.15, 0.2) is 36.7 Å². The third kappa shape index (κ3) is 3.62. The Bertz CT molecular complexity index is 579. The highest BCUT2D eigenvalue weighted by atomic mass is 16.5. The lowest BCUT2D eigenvalue weighted by molar-refractivity contribution is 0.204. The van der Waals surface area contributed by atoms with Crippen molar-refractivity contribution in [1.29, 1.82) is 0 Å². The minimum Gasteiger partial charge on any atom is -0.497 e. The molecule has 2 unspecified atom stereocenters. The topological polar surface area (TPSA) is 56.3 Å². The summed E-state index contributed by atoms with van der Waals surface area (Å²) >= 11 is 0. The molecule has 0 aliphatic rings. The molecule has 0 aliphatic carbocycles. The van der Waals surface area contributed by atoms with Crippen molar-refractivity contribution >= 4 is 0 Å². The lowest BCUT2D eigenvalue weighted by Crippen LogP contribution is -2.37. The molecule has 1 aromatic heterocycles. The molecule has 0 saturated carbocycles. The normalized spacial score (nSPS) is 14.2. The monoisotopic (exact) mass is 288 g/mol. The van der Waals surface area contributed by atoms with E-state index in [1.54, 1.807) is 7.11 Å². The summed E-state index contributed by atoms with van der Waals surface area (Å²) in [5.74, 6) is 1.87. The molecule has 0 aliphatic heterocycles. The number of hydrogen-bond donors (Lipinski definition) is 1. The Hall–Kier alpha value is -1.85. The minimum atomic E-state index is 0.00220. The summed E-state index contributed by atoms with van der Waals surface area (Å²) < 4.78 is 7.34. The number of ether oxygens (including phenoxy) is 1. The first-order valence-corrected chi connectivity index (χ1v) is 7.09. The fourth-order valence-corrected chi connectivity index (χ4v) is 2.66. The first kappa shape index (κ1) is 15.5. The molecule has 2 rings (SSSR count). The summed E-state index contributed by atoms with van der Waals surface area (Å²) in [5, 5.41) is 0. The van der Waals surface area contributed by atoms with Crippen molar-refractivity contribution in [2.45, 2.75) is 25.6 Å². The molecule has 1 heterocycles. The van der Waals surface area contributed by atoms with E-state index in [0.29, 0.717) is 0 Å². The predicted molar refractivity (Wildman–Crippen MR) is 84.1 cm³/mol. The molecular formula is C16H24N4O. The largest absolute Gasteiger partial charge is 0.497 e. The van der Waals surface area contributed by atoms with E-state index in [9.17, 15) is 0 Å². The van der Waals surface area contributed by atoms with Gasteiger partial charge in [-0.25, -0.2) is 4.98 Å². The van der Waals surface area contributed by atoms with Gasteiger partial charge in [0.15, 0.2) is 0 Å². The SMILES string of the molecule is COc1cccc(C(C(C)N)N(C)Cc2nccn2C)c1. The summed E-state index contributed by atoms with van der Waals surface area (Å²) in [7, 11) is 5.75. The molecular weight excluding hydrogens is 264 g/mol. The number of benzene rings is 1. The lowest BCUT2D eigenvalue weighted by Gasteiger charge is -2.31. The lowest BCUT2D eigenvalue weighted by atomic mass is 9.99. The van der Waals surface area contributed by atoms with Gasteiger partial charge in [-0.15, -0.1) is 0 Å². The van der Waals surface area contributed by atoms with Gasteiger partial charge >= 0.3 is 0 Å². The highest BCUT2D eigenvalue weighted by Gasteiger charge is 2.22. The summed E-state index contributed by atoms with van der Waals surface area (Å²) in [5.41, 5.74) is 7.37. The second-order valence-corrected chi connectivity index (χ2v) is 5.45. The van der Waals surface area contributed by atoms with Crippen LogP contribution in [0.5, 0.6) is 5.75 Å². The Morgan fingerprint density at radius 3 is 2.76 bits per heavy atom. The number of methoxy groups -OCH3 is 1. The maximum absolute atomic E-state index is 6.22. The van der Waals surface area contributed by atoms with E-state index in [2.05, 4.69) is 23.0 Å². The Kier molecular flexibility index (Phi) is 4.98. The van der Waals surface area contributed by atoms with Crippen LogP contribution in [0.3, 0.4) is 0 Å². The number of aryl methyl sites for hydroxylation is 1. The van der Waals surface area contributed by atoms with Gasteiger partial charge in [-0.1, -0.05) is 12.1 Å². The van der Waals surface area contributed by atoms with Crippen LogP contribution < -0.4 is 10.5 Å². The molecule has 0 fully saturated rings. The van der Waals surface area contributed by atoms with Crippen LogP contribution in [-0.4, -0.2) is 34.7 Å². The van der Waals surface area contributed by atoms with Gasteiger partial charge in [0, 0.05) is 31.5 Å². The van der Waals surface area contributed by atoms with Crippen molar-refractivity contribution in [2.75, 3.05) is 14.2 Å². The molecule has 1 aromatic carbocycles. The van der Waals surface area contributed by atoms with Gasteiger partial charge in [0.1, 0.15) is 11.6 Å². The van der Waals surface area contributed by atoms with Crippen LogP contribution >= 0.6 is 0 Å². The van der Waals surface area contributed by atoms with E-state index in [1.165, 1.54) is 0 Å². The van der Waals surface area contributed by atoms with E-state index >= 15 is 0 Å². The fourth-order valence-electron chi connectivity index (χ4n) is 2.66. The van der Waals surface area contributed by atoms with Crippen molar-refractivity contribution in [3.8, 4) is 5.75 Å². The first-order valence-electron chi connectivity index (χ1n) is 7.09. The molecule has 5 nitrogen and oxygen atoms in total. The van der Waals surface area contributed by atoms with E-state index in [1.807, 2.05) is 49.1 Å². The van der Waals surface area contributed by atoms with Gasteiger partial charge in [0.25, 0.3) is 0 Å². The standard InChI is InChI=1S/C16H24N4O/c1-12(17)16(13-6-5-7-14(10-13)21-4)20(3)11-15-18-8-9-19(15)2/h5-10,12,16H,11,17H2,1-4H3. The smallest absolute Gasteiger partial charge is 0.122 e. The summed E-state index contributed by atoms with van der Waals surface area (Å²) in [6.45, 7) is 2.77. The molecule has 21 heavy (non-hydrogen) atoms. The molecule has 0 radical (unpaired) electrons. The van der Waals surface area contributed by atoms with Crippen LogP contribution in [-0.2, 0) is 13.6 Å². The summed E-state index contributed by atoms with van der Waals surface area (Å²) in [6, 6.07) is 8.19. The third-order valence-electron chi connectivity index (χ3n) is 3.72. The van der Waals surface area contributed by atoms with Crippen LogP contribution in [0.2, 0.25) is 0 Å². The highest BCUT2D eigenvalue weighted by molar-refractivity contribution is 5.31. The number of nitrogens with zero attached hydrogens (tertiary/aromatic N) is 3. The maximum atomic E-state index is 6.22. The molecule has 2 atom stereocenters. The number of rotatable bonds is 6. The quantitative estimate of drug-likeness (QED) is 0.882. The molecule has 0 spiro atoms. The molecule has 2 aromatic rings. The van der Waals surface area contributed by atoms with Crippen molar-refractivity contribution in [2.24, 2.45) is 12.8 Å². The molecule has 2 N–H and O–H groups in total. The Labute approximate surface area is 126 Å². The zero-order valence-electron chi connectivity index (χ0n) is 13.2. The van der Waals surface area contributed by atoms with E-state index in [0.717, 1.165) is 23.7 Å². The highest BCUT2D eigenvalue weighted by Crippen LogP contribution is 2.26. The van der Waals surface area contributed by atoms with Crippen LogP contribution in [0.4, 0.5) is 0 Å². The predicted octanol–water partition coefficient (Wildman–Crippen LogP) is 1.95. The zero-order valence-corrected chi connectivity index (χ0v) is 13.2. The van der Waals surface area contributed by atoms with Gasteiger partial charge < -0.3 is 15.0 Å². The Balaban J connectivity index is 2.23. The third-order valence-corrected chi connectivity index (χ3v) is 3.72. The fraction of sp³-hybridized carbons (Fsp3) is 0.438. The molecule has 0 amide bonds. The minimum absolute atomic E-state index is 0.00220. The van der Waals surface area contributed by atoms with E-state index < -0.39 is 0 Å². The number of hydrogen-bond acceptors (Lipinski definition) is 4. The number of imidazole rings is 1. The van der Waals surface area contributed by atoms with Gasteiger partial charge in [0.05, 0.1) is 13.7 Å². The molecule has 0 bridgehead atoms. The van der Waals surface area contributed by atoms with Gasteiger partial charge in [-0.2, -0.15) is 0 Å². The number of likely N-dealkylation sites (N-methyl/N-ethyl adjacent to an activating group) is 1. The van der Waals surface area contributed by atoms with E-state index in [-0.39, 0.29) is 12.1 Å². The van der Waals surface area contributed by atoms with Crippen LogP contribution in [0.25, 0.3) is 0 Å². The van der Waals surface area contributed by atoms with Crippen molar-refractivity contribution < 1.29 is 4.74 Å².